The summed E-state index contributed by atoms with van der Waals surface area (Å²) in [5.74, 6) is 2.16. The molecule has 102 valence electrons. The predicted octanol–water partition coefficient (Wildman–Crippen LogP) is 5.43. The molecule has 1 unspecified atom stereocenters. The lowest BCUT2D eigenvalue weighted by atomic mass is 9.87. The molecule has 1 aromatic heterocycles. The Morgan fingerprint density at radius 3 is 2.22 bits per heavy atom. The molecule has 0 aliphatic rings. The maximum atomic E-state index is 4.53. The highest BCUT2D eigenvalue weighted by Crippen LogP contribution is 2.28. The van der Waals surface area contributed by atoms with Gasteiger partial charge in [-0.05, 0) is 30.4 Å². The Bertz CT molecular complexity index is 303. The van der Waals surface area contributed by atoms with Crippen molar-refractivity contribution in [2.24, 2.45) is 11.8 Å². The zero-order chi connectivity index (χ0) is 13.4. The van der Waals surface area contributed by atoms with Gasteiger partial charge in [0.1, 0.15) is 0 Å². The van der Waals surface area contributed by atoms with E-state index >= 15 is 0 Å². The minimum Gasteiger partial charge on any atom is -0.261 e. The van der Waals surface area contributed by atoms with Gasteiger partial charge in [-0.3, -0.25) is 4.98 Å². The highest BCUT2D eigenvalue weighted by Gasteiger charge is 2.16. The van der Waals surface area contributed by atoms with Crippen molar-refractivity contribution < 1.29 is 0 Å². The van der Waals surface area contributed by atoms with Crippen LogP contribution in [-0.2, 0) is 0 Å². The second-order valence-electron chi connectivity index (χ2n) is 6.14. The molecule has 1 heterocycles. The zero-order valence-corrected chi connectivity index (χ0v) is 12.5. The maximum Gasteiger partial charge on any atom is 0.0437 e. The second-order valence-corrected chi connectivity index (χ2v) is 6.14. The fraction of sp³-hybridized carbons (Fsp3) is 0.706. The summed E-state index contributed by atoms with van der Waals surface area (Å²) in [5.41, 5.74) is 1.27. The lowest BCUT2D eigenvalue weighted by molar-refractivity contribution is 0.428. The van der Waals surface area contributed by atoms with Crippen molar-refractivity contribution in [2.75, 3.05) is 0 Å². The average Bonchev–Trinajstić information content (AvgIpc) is 2.34. The summed E-state index contributed by atoms with van der Waals surface area (Å²) in [4.78, 5) is 4.53. The van der Waals surface area contributed by atoms with Crippen molar-refractivity contribution in [2.45, 2.75) is 65.7 Å². The van der Waals surface area contributed by atoms with E-state index in [1.807, 2.05) is 12.3 Å². The smallest absolute Gasteiger partial charge is 0.0437 e. The van der Waals surface area contributed by atoms with Crippen molar-refractivity contribution in [1.82, 2.24) is 4.98 Å². The summed E-state index contributed by atoms with van der Waals surface area (Å²) in [6.45, 7) is 9.25. The SMILES string of the molecule is CC(C)CCCCCC(c1ccccn1)C(C)C. The Morgan fingerprint density at radius 1 is 0.944 bits per heavy atom. The monoisotopic (exact) mass is 247 g/mol. The molecule has 1 heteroatoms. The van der Waals surface area contributed by atoms with Crippen molar-refractivity contribution in [1.29, 1.82) is 0 Å². The first-order chi connectivity index (χ1) is 8.61. The van der Waals surface area contributed by atoms with E-state index in [1.54, 1.807) is 0 Å². The molecule has 0 N–H and O–H groups in total. The first-order valence-corrected chi connectivity index (χ1v) is 7.52. The van der Waals surface area contributed by atoms with Crippen molar-refractivity contribution in [3.8, 4) is 0 Å². The molecule has 0 aromatic carbocycles. The molecule has 18 heavy (non-hydrogen) atoms. The molecule has 0 bridgehead atoms. The summed E-state index contributed by atoms with van der Waals surface area (Å²) in [7, 11) is 0. The first kappa shape index (κ1) is 15.2. The molecule has 0 saturated carbocycles. The van der Waals surface area contributed by atoms with Crippen LogP contribution in [0.1, 0.15) is 71.4 Å². The van der Waals surface area contributed by atoms with Crippen LogP contribution in [0.25, 0.3) is 0 Å². The number of aromatic nitrogens is 1. The summed E-state index contributed by atoms with van der Waals surface area (Å²) in [5, 5.41) is 0. The van der Waals surface area contributed by atoms with E-state index in [0.717, 1.165) is 5.92 Å². The van der Waals surface area contributed by atoms with E-state index < -0.39 is 0 Å². The third kappa shape index (κ3) is 5.66. The van der Waals surface area contributed by atoms with E-state index in [1.165, 1.54) is 37.8 Å². The minimum atomic E-state index is 0.630. The molecule has 1 rings (SSSR count). The largest absolute Gasteiger partial charge is 0.261 e. The molecule has 1 aromatic rings. The molecule has 0 aliphatic carbocycles. The minimum absolute atomic E-state index is 0.630. The van der Waals surface area contributed by atoms with Crippen LogP contribution in [0.3, 0.4) is 0 Å². The van der Waals surface area contributed by atoms with Crippen molar-refractivity contribution in [3.05, 3.63) is 30.1 Å². The topological polar surface area (TPSA) is 12.9 Å². The second kappa shape index (κ2) is 8.29. The van der Waals surface area contributed by atoms with Gasteiger partial charge >= 0.3 is 0 Å². The summed E-state index contributed by atoms with van der Waals surface area (Å²) in [6.07, 6.45) is 8.66. The third-order valence-corrected chi connectivity index (χ3v) is 3.67. The van der Waals surface area contributed by atoms with Gasteiger partial charge in [-0.25, -0.2) is 0 Å². The Hall–Kier alpha value is -0.850. The van der Waals surface area contributed by atoms with E-state index in [4.69, 9.17) is 0 Å². The van der Waals surface area contributed by atoms with Crippen LogP contribution in [0.5, 0.6) is 0 Å². The van der Waals surface area contributed by atoms with Gasteiger partial charge in [-0.1, -0.05) is 59.4 Å². The van der Waals surface area contributed by atoms with Gasteiger partial charge in [0, 0.05) is 17.8 Å². The molecule has 0 saturated heterocycles. The highest BCUT2D eigenvalue weighted by molar-refractivity contribution is 5.10. The molecule has 1 atom stereocenters. The number of unbranched alkanes of at least 4 members (excludes halogenated alkanes) is 2. The first-order valence-electron chi connectivity index (χ1n) is 7.52. The van der Waals surface area contributed by atoms with Crippen molar-refractivity contribution >= 4 is 0 Å². The Morgan fingerprint density at radius 2 is 1.67 bits per heavy atom. The number of hydrogen-bond acceptors (Lipinski definition) is 1. The van der Waals surface area contributed by atoms with Gasteiger partial charge in [0.05, 0.1) is 0 Å². The van der Waals surface area contributed by atoms with Crippen LogP contribution in [0, 0.1) is 11.8 Å². The van der Waals surface area contributed by atoms with Crippen LogP contribution in [0.2, 0.25) is 0 Å². The van der Waals surface area contributed by atoms with E-state index in [9.17, 15) is 0 Å². The van der Waals surface area contributed by atoms with Gasteiger partial charge in [-0.15, -0.1) is 0 Å². The molecule has 0 aliphatic heterocycles. The molecule has 0 radical (unpaired) electrons. The molecule has 0 amide bonds. The van der Waals surface area contributed by atoms with E-state index in [-0.39, 0.29) is 0 Å². The molecular formula is C17H29N. The Labute approximate surface area is 113 Å². The quantitative estimate of drug-likeness (QED) is 0.558. The summed E-state index contributed by atoms with van der Waals surface area (Å²) in [6, 6.07) is 6.29. The fourth-order valence-electron chi connectivity index (χ4n) is 2.51. The fourth-order valence-corrected chi connectivity index (χ4v) is 2.51. The highest BCUT2D eigenvalue weighted by atomic mass is 14.7. The van der Waals surface area contributed by atoms with E-state index in [2.05, 4.69) is 44.8 Å². The predicted molar refractivity (Wildman–Crippen MR) is 79.7 cm³/mol. The maximum absolute atomic E-state index is 4.53. The van der Waals surface area contributed by atoms with Gasteiger partial charge < -0.3 is 0 Å². The Kier molecular flexibility index (Phi) is 7.00. The molecule has 0 fully saturated rings. The lowest BCUT2D eigenvalue weighted by Gasteiger charge is -2.20. The number of nitrogens with zero attached hydrogens (tertiary/aromatic N) is 1. The van der Waals surface area contributed by atoms with Crippen LogP contribution >= 0.6 is 0 Å². The Balaban J connectivity index is 2.36. The number of hydrogen-bond donors (Lipinski definition) is 0. The van der Waals surface area contributed by atoms with Crippen LogP contribution in [0.4, 0.5) is 0 Å². The van der Waals surface area contributed by atoms with Crippen molar-refractivity contribution in [3.63, 3.8) is 0 Å². The van der Waals surface area contributed by atoms with Gasteiger partial charge in [0.25, 0.3) is 0 Å². The molecule has 0 spiro atoms. The van der Waals surface area contributed by atoms with Crippen LogP contribution in [-0.4, -0.2) is 4.98 Å². The average molecular weight is 247 g/mol. The summed E-state index contributed by atoms with van der Waals surface area (Å²) < 4.78 is 0. The number of pyridine rings is 1. The van der Waals surface area contributed by atoms with Gasteiger partial charge in [0.2, 0.25) is 0 Å². The standard InChI is InChI=1S/C17H29N/c1-14(2)10-6-5-7-11-16(15(3)4)17-12-8-9-13-18-17/h8-9,12-16H,5-7,10-11H2,1-4H3. The van der Waals surface area contributed by atoms with Crippen LogP contribution < -0.4 is 0 Å². The summed E-state index contributed by atoms with van der Waals surface area (Å²) >= 11 is 0. The zero-order valence-electron chi connectivity index (χ0n) is 12.5. The number of rotatable bonds is 8. The normalized spacial score (nSPS) is 13.2. The third-order valence-electron chi connectivity index (χ3n) is 3.67. The van der Waals surface area contributed by atoms with Crippen LogP contribution in [0.15, 0.2) is 24.4 Å². The van der Waals surface area contributed by atoms with Gasteiger partial charge in [-0.2, -0.15) is 0 Å². The molecular weight excluding hydrogens is 218 g/mol. The van der Waals surface area contributed by atoms with Gasteiger partial charge in [0.15, 0.2) is 0 Å². The lowest BCUT2D eigenvalue weighted by Crippen LogP contribution is -2.08. The van der Waals surface area contributed by atoms with E-state index in [0.29, 0.717) is 11.8 Å². The molecule has 1 nitrogen and oxygen atoms in total.